The molecule has 27 heavy (non-hydrogen) atoms. The first-order valence-electron chi connectivity index (χ1n) is 8.92. The van der Waals surface area contributed by atoms with Crippen LogP contribution in [0.1, 0.15) is 30.7 Å². The monoisotopic (exact) mass is 489 g/mol. The molecule has 0 saturated carbocycles. The molecule has 1 aromatic heterocycles. The molecule has 0 radical (unpaired) electrons. The van der Waals surface area contributed by atoms with E-state index in [-0.39, 0.29) is 29.8 Å². The summed E-state index contributed by atoms with van der Waals surface area (Å²) >= 11 is 0. The van der Waals surface area contributed by atoms with E-state index in [9.17, 15) is 4.39 Å². The van der Waals surface area contributed by atoms with E-state index in [1.807, 2.05) is 38.8 Å². The fourth-order valence-electron chi connectivity index (χ4n) is 2.50. The van der Waals surface area contributed by atoms with Crippen molar-refractivity contribution >= 4 is 35.6 Å². The lowest BCUT2D eigenvalue weighted by Gasteiger charge is -2.20. The minimum absolute atomic E-state index is 0. The minimum atomic E-state index is -0.200. The third-order valence-electron chi connectivity index (χ3n) is 4.02. The van der Waals surface area contributed by atoms with E-state index in [4.69, 9.17) is 4.42 Å². The van der Waals surface area contributed by atoms with Crippen LogP contribution in [-0.4, -0.2) is 37.6 Å². The summed E-state index contributed by atoms with van der Waals surface area (Å²) in [6, 6.07) is 6.81. The van der Waals surface area contributed by atoms with Crippen molar-refractivity contribution < 1.29 is 8.81 Å². The number of nitrogens with one attached hydrogen (secondary N) is 2. The highest BCUT2D eigenvalue weighted by molar-refractivity contribution is 14.0. The molecule has 0 atom stereocenters. The van der Waals surface area contributed by atoms with Gasteiger partial charge in [-0.2, -0.15) is 0 Å². The van der Waals surface area contributed by atoms with Gasteiger partial charge >= 0.3 is 0 Å². The summed E-state index contributed by atoms with van der Waals surface area (Å²) in [6.07, 6.45) is 0.854. The Hall–Kier alpha value is -1.84. The number of nitrogens with zero attached hydrogens (tertiary/aromatic N) is 3. The molecular weight excluding hydrogens is 460 g/mol. The second kappa shape index (κ2) is 11.8. The molecular formula is C19H29FIN5O. The van der Waals surface area contributed by atoms with E-state index in [1.165, 1.54) is 6.07 Å². The molecule has 1 heterocycles. The van der Waals surface area contributed by atoms with Gasteiger partial charge in [0.25, 0.3) is 0 Å². The highest BCUT2D eigenvalue weighted by Gasteiger charge is 2.07. The maximum absolute atomic E-state index is 13.8. The molecule has 0 aliphatic rings. The molecule has 8 heteroatoms. The van der Waals surface area contributed by atoms with Crippen LogP contribution in [0.15, 0.2) is 33.7 Å². The van der Waals surface area contributed by atoms with E-state index < -0.39 is 0 Å². The van der Waals surface area contributed by atoms with Gasteiger partial charge in [0.2, 0.25) is 5.89 Å². The van der Waals surface area contributed by atoms with Gasteiger partial charge in [-0.3, -0.25) is 0 Å². The predicted molar refractivity (Wildman–Crippen MR) is 118 cm³/mol. The minimum Gasteiger partial charge on any atom is -0.444 e. The zero-order valence-electron chi connectivity index (χ0n) is 16.4. The van der Waals surface area contributed by atoms with Crippen LogP contribution in [0.3, 0.4) is 0 Å². The molecule has 0 fully saturated rings. The van der Waals surface area contributed by atoms with E-state index in [0.29, 0.717) is 18.1 Å². The second-order valence-corrected chi connectivity index (χ2v) is 6.10. The van der Waals surface area contributed by atoms with Crippen LogP contribution in [0.25, 0.3) is 0 Å². The highest BCUT2D eigenvalue weighted by Crippen LogP contribution is 2.16. The van der Waals surface area contributed by atoms with Crippen molar-refractivity contribution in [2.45, 2.75) is 33.7 Å². The summed E-state index contributed by atoms with van der Waals surface area (Å²) in [4.78, 5) is 10.7. The van der Waals surface area contributed by atoms with Gasteiger partial charge < -0.3 is 20.0 Å². The van der Waals surface area contributed by atoms with E-state index in [0.717, 1.165) is 43.5 Å². The lowest BCUT2D eigenvalue weighted by atomic mass is 10.2. The third kappa shape index (κ3) is 7.36. The number of oxazole rings is 1. The number of aromatic nitrogens is 1. The highest BCUT2D eigenvalue weighted by atomic mass is 127. The molecule has 0 amide bonds. The molecule has 0 unspecified atom stereocenters. The molecule has 0 aliphatic heterocycles. The van der Waals surface area contributed by atoms with Crippen molar-refractivity contribution in [2.24, 2.45) is 4.99 Å². The van der Waals surface area contributed by atoms with Crippen molar-refractivity contribution in [3.05, 3.63) is 47.4 Å². The molecule has 0 spiro atoms. The second-order valence-electron chi connectivity index (χ2n) is 6.10. The van der Waals surface area contributed by atoms with Crippen molar-refractivity contribution in [1.82, 2.24) is 15.6 Å². The number of rotatable bonds is 8. The fourth-order valence-corrected chi connectivity index (χ4v) is 2.50. The topological polar surface area (TPSA) is 65.7 Å². The maximum Gasteiger partial charge on any atom is 0.216 e. The first-order valence-corrected chi connectivity index (χ1v) is 8.92. The van der Waals surface area contributed by atoms with Gasteiger partial charge in [0, 0.05) is 26.7 Å². The first kappa shape index (κ1) is 23.2. The Kier molecular flexibility index (Phi) is 10.1. The number of anilines is 1. The SMILES string of the molecule is CCNC(=NCc1nc(C)c(C)o1)NCCCN(C)c1ccccc1F.I. The van der Waals surface area contributed by atoms with Gasteiger partial charge in [-0.05, 0) is 39.3 Å². The Morgan fingerprint density at radius 3 is 2.63 bits per heavy atom. The predicted octanol–water partition coefficient (Wildman–Crippen LogP) is 3.63. The Bertz CT molecular complexity index is 715. The van der Waals surface area contributed by atoms with Gasteiger partial charge in [0.05, 0.1) is 11.4 Å². The summed E-state index contributed by atoms with van der Waals surface area (Å²) in [6.45, 7) is 8.46. The smallest absolute Gasteiger partial charge is 0.216 e. The Labute approximate surface area is 177 Å². The molecule has 150 valence electrons. The van der Waals surface area contributed by atoms with Gasteiger partial charge in [0.1, 0.15) is 18.1 Å². The lowest BCUT2D eigenvalue weighted by molar-refractivity contribution is 0.473. The normalized spacial score (nSPS) is 11.1. The van der Waals surface area contributed by atoms with Crippen LogP contribution in [0.2, 0.25) is 0 Å². The summed E-state index contributed by atoms with van der Waals surface area (Å²) in [5.41, 5.74) is 1.51. The molecule has 0 saturated heterocycles. The Morgan fingerprint density at radius 1 is 1.26 bits per heavy atom. The van der Waals surface area contributed by atoms with E-state index in [1.54, 1.807) is 12.1 Å². The van der Waals surface area contributed by atoms with Crippen LogP contribution < -0.4 is 15.5 Å². The van der Waals surface area contributed by atoms with Gasteiger partial charge in [-0.1, -0.05) is 12.1 Å². The number of hydrogen-bond donors (Lipinski definition) is 2. The number of aliphatic imine (C=N–C) groups is 1. The van der Waals surface area contributed by atoms with Crippen molar-refractivity contribution in [3.8, 4) is 0 Å². The Balaban J connectivity index is 0.00000364. The number of halogens is 2. The lowest BCUT2D eigenvalue weighted by Crippen LogP contribution is -2.38. The average Bonchev–Trinajstić information content (AvgIpc) is 2.94. The van der Waals surface area contributed by atoms with Crippen molar-refractivity contribution in [1.29, 1.82) is 0 Å². The zero-order valence-corrected chi connectivity index (χ0v) is 18.7. The van der Waals surface area contributed by atoms with Crippen LogP contribution in [0.5, 0.6) is 0 Å². The summed E-state index contributed by atoms with van der Waals surface area (Å²) in [7, 11) is 1.89. The van der Waals surface area contributed by atoms with Crippen LogP contribution in [0, 0.1) is 19.7 Å². The van der Waals surface area contributed by atoms with Gasteiger partial charge in [0.15, 0.2) is 5.96 Å². The summed E-state index contributed by atoms with van der Waals surface area (Å²) < 4.78 is 19.3. The number of benzene rings is 1. The van der Waals surface area contributed by atoms with Crippen molar-refractivity contribution in [3.63, 3.8) is 0 Å². The number of aryl methyl sites for hydroxylation is 2. The first-order chi connectivity index (χ1) is 12.5. The van der Waals surface area contributed by atoms with Crippen LogP contribution in [-0.2, 0) is 6.54 Å². The number of guanidine groups is 1. The zero-order chi connectivity index (χ0) is 18.9. The van der Waals surface area contributed by atoms with E-state index in [2.05, 4.69) is 20.6 Å². The average molecular weight is 489 g/mol. The molecule has 6 nitrogen and oxygen atoms in total. The molecule has 0 aliphatic carbocycles. The van der Waals surface area contributed by atoms with Gasteiger partial charge in [-0.25, -0.2) is 14.4 Å². The summed E-state index contributed by atoms with van der Waals surface area (Å²) in [5, 5.41) is 6.48. The fraction of sp³-hybridized carbons (Fsp3) is 0.474. The molecule has 1 aromatic carbocycles. The van der Waals surface area contributed by atoms with Crippen LogP contribution >= 0.6 is 24.0 Å². The molecule has 2 aromatic rings. The Morgan fingerprint density at radius 2 is 2.00 bits per heavy atom. The van der Waals surface area contributed by atoms with Crippen LogP contribution in [0.4, 0.5) is 10.1 Å². The maximum atomic E-state index is 13.8. The quantitative estimate of drug-likeness (QED) is 0.257. The number of hydrogen-bond acceptors (Lipinski definition) is 4. The number of para-hydroxylation sites is 1. The third-order valence-corrected chi connectivity index (χ3v) is 4.02. The largest absolute Gasteiger partial charge is 0.444 e. The standard InChI is InChI=1S/C19H28FN5O.HI/c1-5-21-19(23-13-18-24-14(2)15(3)26-18)22-11-8-12-25(4)17-10-7-6-9-16(17)20;/h6-7,9-10H,5,8,11-13H2,1-4H3,(H2,21,22,23);1H. The molecule has 0 bridgehead atoms. The van der Waals surface area contributed by atoms with Crippen molar-refractivity contribution in [2.75, 3.05) is 31.6 Å². The molecule has 2 rings (SSSR count). The van der Waals surface area contributed by atoms with E-state index >= 15 is 0 Å². The summed E-state index contributed by atoms with van der Waals surface area (Å²) in [5.74, 6) is 1.95. The van der Waals surface area contributed by atoms with Gasteiger partial charge in [-0.15, -0.1) is 24.0 Å². The molecule has 2 N–H and O–H groups in total.